The van der Waals surface area contributed by atoms with Gasteiger partial charge in [0.05, 0.1) is 37.1 Å². The maximum Gasteiger partial charge on any atom is 0.189 e. The van der Waals surface area contributed by atoms with Crippen LogP contribution in [0.15, 0.2) is 29.8 Å². The van der Waals surface area contributed by atoms with Crippen LogP contribution in [0.5, 0.6) is 11.5 Å². The SMILES string of the molecule is CCOc1ccc([C@@H]2[C@H]3CNCC=C3[C@@H](C#N)C(=N)C2(C#N)C#N)cc1OCC. The van der Waals surface area contributed by atoms with Crippen molar-refractivity contribution in [3.05, 3.63) is 35.4 Å². The van der Waals surface area contributed by atoms with Crippen LogP contribution in [0.3, 0.4) is 0 Å². The van der Waals surface area contributed by atoms with E-state index in [1.54, 1.807) is 12.1 Å². The van der Waals surface area contributed by atoms with E-state index in [1.807, 2.05) is 26.0 Å². The molecule has 0 saturated heterocycles. The molecule has 3 rings (SSSR count). The van der Waals surface area contributed by atoms with Crippen LogP contribution in [0.1, 0.15) is 25.3 Å². The van der Waals surface area contributed by atoms with Gasteiger partial charge in [0.2, 0.25) is 0 Å². The first-order valence-corrected chi connectivity index (χ1v) is 9.69. The highest BCUT2D eigenvalue weighted by Gasteiger charge is 2.57. The Bertz CT molecular complexity index is 949. The van der Waals surface area contributed by atoms with Gasteiger partial charge >= 0.3 is 0 Å². The first-order valence-electron chi connectivity index (χ1n) is 9.69. The molecular formula is C22H23N5O2. The van der Waals surface area contributed by atoms with Gasteiger partial charge in [0.1, 0.15) is 5.92 Å². The molecule has 0 amide bonds. The molecule has 1 heterocycles. The van der Waals surface area contributed by atoms with Crippen molar-refractivity contribution >= 4 is 5.71 Å². The monoisotopic (exact) mass is 389 g/mol. The summed E-state index contributed by atoms with van der Waals surface area (Å²) in [5.74, 6) is -0.555. The van der Waals surface area contributed by atoms with Gasteiger partial charge in [-0.15, -0.1) is 0 Å². The van der Waals surface area contributed by atoms with E-state index < -0.39 is 17.3 Å². The third-order valence-corrected chi connectivity index (χ3v) is 5.60. The Balaban J connectivity index is 2.21. The van der Waals surface area contributed by atoms with Gasteiger partial charge in [-0.2, -0.15) is 15.8 Å². The van der Waals surface area contributed by atoms with Crippen LogP contribution in [0, 0.1) is 56.7 Å². The summed E-state index contributed by atoms with van der Waals surface area (Å²) in [7, 11) is 0. The van der Waals surface area contributed by atoms with E-state index in [4.69, 9.17) is 14.9 Å². The van der Waals surface area contributed by atoms with Gasteiger partial charge in [0.15, 0.2) is 16.9 Å². The van der Waals surface area contributed by atoms with E-state index >= 15 is 0 Å². The molecule has 1 saturated carbocycles. The van der Waals surface area contributed by atoms with Crippen molar-refractivity contribution in [1.82, 2.24) is 5.32 Å². The summed E-state index contributed by atoms with van der Waals surface area (Å²) in [5, 5.41) is 41.6. The second kappa shape index (κ2) is 8.35. The molecular weight excluding hydrogens is 366 g/mol. The van der Waals surface area contributed by atoms with E-state index in [2.05, 4.69) is 23.5 Å². The number of benzene rings is 1. The van der Waals surface area contributed by atoms with Crippen molar-refractivity contribution in [1.29, 1.82) is 21.2 Å². The number of nitrogens with zero attached hydrogens (tertiary/aromatic N) is 3. The maximum absolute atomic E-state index is 10.0. The molecule has 2 N–H and O–H groups in total. The minimum atomic E-state index is -1.72. The highest BCUT2D eigenvalue weighted by molar-refractivity contribution is 6.00. The Labute approximate surface area is 170 Å². The lowest BCUT2D eigenvalue weighted by atomic mass is 9.54. The van der Waals surface area contributed by atoms with Gasteiger partial charge in [-0.3, -0.25) is 0 Å². The van der Waals surface area contributed by atoms with Crippen molar-refractivity contribution in [2.75, 3.05) is 26.3 Å². The van der Waals surface area contributed by atoms with Crippen LogP contribution < -0.4 is 14.8 Å². The Kier molecular flexibility index (Phi) is 5.87. The van der Waals surface area contributed by atoms with Crippen LogP contribution in [-0.4, -0.2) is 32.0 Å². The predicted octanol–water partition coefficient (Wildman–Crippen LogP) is 2.92. The van der Waals surface area contributed by atoms with Gasteiger partial charge < -0.3 is 20.2 Å². The smallest absolute Gasteiger partial charge is 0.189 e. The largest absolute Gasteiger partial charge is 0.490 e. The number of hydrogen-bond acceptors (Lipinski definition) is 7. The number of fused-ring (bicyclic) bond motifs is 1. The molecule has 0 bridgehead atoms. The molecule has 0 aromatic heterocycles. The quantitative estimate of drug-likeness (QED) is 0.746. The van der Waals surface area contributed by atoms with Crippen LogP contribution in [0.25, 0.3) is 0 Å². The zero-order valence-corrected chi connectivity index (χ0v) is 16.5. The van der Waals surface area contributed by atoms with Gasteiger partial charge in [-0.05, 0) is 37.1 Å². The number of nitriles is 3. The van der Waals surface area contributed by atoms with E-state index in [-0.39, 0.29) is 11.6 Å². The summed E-state index contributed by atoms with van der Waals surface area (Å²) >= 11 is 0. The predicted molar refractivity (Wildman–Crippen MR) is 106 cm³/mol. The van der Waals surface area contributed by atoms with Crippen LogP contribution in [-0.2, 0) is 0 Å². The molecule has 148 valence electrons. The minimum Gasteiger partial charge on any atom is -0.490 e. The lowest BCUT2D eigenvalue weighted by Crippen LogP contribution is -2.52. The number of nitrogens with one attached hydrogen (secondary N) is 2. The van der Waals surface area contributed by atoms with E-state index in [1.165, 1.54) is 0 Å². The highest BCUT2D eigenvalue weighted by Crippen LogP contribution is 2.53. The number of hydrogen-bond donors (Lipinski definition) is 2. The van der Waals surface area contributed by atoms with Crippen molar-refractivity contribution in [3.63, 3.8) is 0 Å². The molecule has 0 spiro atoms. The van der Waals surface area contributed by atoms with Gasteiger partial charge in [0, 0.05) is 24.9 Å². The molecule has 1 fully saturated rings. The third-order valence-electron chi connectivity index (χ3n) is 5.60. The average molecular weight is 389 g/mol. The van der Waals surface area contributed by atoms with E-state index in [0.29, 0.717) is 37.8 Å². The molecule has 0 radical (unpaired) electrons. The molecule has 7 nitrogen and oxygen atoms in total. The Morgan fingerprint density at radius 1 is 1.14 bits per heavy atom. The summed E-state index contributed by atoms with van der Waals surface area (Å²) in [6.07, 6.45) is 1.92. The molecule has 7 heteroatoms. The van der Waals surface area contributed by atoms with E-state index in [0.717, 1.165) is 11.1 Å². The summed E-state index contributed by atoms with van der Waals surface area (Å²) < 4.78 is 11.4. The van der Waals surface area contributed by atoms with Gasteiger partial charge in [0.25, 0.3) is 0 Å². The minimum absolute atomic E-state index is 0.147. The van der Waals surface area contributed by atoms with Crippen molar-refractivity contribution in [2.45, 2.75) is 19.8 Å². The Morgan fingerprint density at radius 2 is 1.83 bits per heavy atom. The third kappa shape index (κ3) is 3.23. The van der Waals surface area contributed by atoms with Crippen LogP contribution >= 0.6 is 0 Å². The second-order valence-corrected chi connectivity index (χ2v) is 7.03. The zero-order valence-electron chi connectivity index (χ0n) is 16.5. The summed E-state index contributed by atoms with van der Waals surface area (Å²) in [6, 6.07) is 11.7. The first kappa shape index (κ1) is 20.4. The van der Waals surface area contributed by atoms with E-state index in [9.17, 15) is 15.8 Å². The average Bonchev–Trinajstić information content (AvgIpc) is 2.75. The molecule has 2 aliphatic rings. The van der Waals surface area contributed by atoms with Gasteiger partial charge in [-0.25, -0.2) is 0 Å². The summed E-state index contributed by atoms with van der Waals surface area (Å²) in [4.78, 5) is 0. The standard InChI is InChI=1S/C22H23N5O2/c1-3-28-18-6-5-14(9-19(18)29-4-2)20-17-11-27-8-7-15(17)16(10-23)21(26)22(20,12-24)13-25/h5-7,9,16-17,20,26-27H,3-4,8,11H2,1-2H3/t16-,17+,20-/m1/s1. The first-order chi connectivity index (χ1) is 14.1. The lowest BCUT2D eigenvalue weighted by molar-refractivity contribution is 0.285. The topological polar surface area (TPSA) is 126 Å². The molecule has 1 aromatic carbocycles. The molecule has 3 atom stereocenters. The zero-order chi connectivity index (χ0) is 21.0. The fraction of sp³-hybridized carbons (Fsp3) is 0.455. The van der Waals surface area contributed by atoms with Crippen molar-refractivity contribution < 1.29 is 9.47 Å². The highest BCUT2D eigenvalue weighted by atomic mass is 16.5. The summed E-state index contributed by atoms with van der Waals surface area (Å²) in [5.41, 5.74) is -0.334. The maximum atomic E-state index is 10.0. The fourth-order valence-corrected chi connectivity index (χ4v) is 4.37. The normalized spacial score (nSPS) is 24.9. The number of rotatable bonds is 5. The molecule has 1 aliphatic heterocycles. The lowest BCUT2D eigenvalue weighted by Gasteiger charge is -2.45. The number of ether oxygens (including phenoxy) is 2. The molecule has 1 aromatic rings. The van der Waals surface area contributed by atoms with Gasteiger partial charge in [-0.1, -0.05) is 12.1 Å². The van der Waals surface area contributed by atoms with Crippen LogP contribution in [0.4, 0.5) is 0 Å². The fourth-order valence-electron chi connectivity index (χ4n) is 4.37. The van der Waals surface area contributed by atoms with Crippen molar-refractivity contribution in [2.24, 2.45) is 17.3 Å². The Morgan fingerprint density at radius 3 is 2.45 bits per heavy atom. The summed E-state index contributed by atoms with van der Waals surface area (Å²) in [6.45, 7) is 5.81. The van der Waals surface area contributed by atoms with Crippen LogP contribution in [0.2, 0.25) is 0 Å². The Hall–Kier alpha value is -3.34. The molecule has 1 aliphatic carbocycles. The molecule has 0 unspecified atom stereocenters. The van der Waals surface area contributed by atoms with Crippen molar-refractivity contribution in [3.8, 4) is 29.7 Å². The molecule has 29 heavy (non-hydrogen) atoms. The second-order valence-electron chi connectivity index (χ2n) is 7.03.